The second-order valence-electron chi connectivity index (χ2n) is 6.47. The predicted molar refractivity (Wildman–Crippen MR) is 121 cm³/mol. The Labute approximate surface area is 180 Å². The summed E-state index contributed by atoms with van der Waals surface area (Å²) in [7, 11) is 0. The number of aromatic nitrogens is 2. The molecule has 0 aliphatic heterocycles. The van der Waals surface area contributed by atoms with Crippen LogP contribution in [0.1, 0.15) is 15.4 Å². The molecule has 1 amide bonds. The lowest BCUT2D eigenvalue weighted by Crippen LogP contribution is -2.30. The summed E-state index contributed by atoms with van der Waals surface area (Å²) in [4.78, 5) is 24.4. The van der Waals surface area contributed by atoms with E-state index in [9.17, 15) is 4.79 Å². The summed E-state index contributed by atoms with van der Waals surface area (Å²) < 4.78 is 1.94. The van der Waals surface area contributed by atoms with E-state index in [4.69, 9.17) is 16.6 Å². The smallest absolute Gasteiger partial charge is 0.277 e. The number of hydrogen-bond acceptors (Lipinski definition) is 5. The van der Waals surface area contributed by atoms with Crippen molar-refractivity contribution in [3.8, 4) is 0 Å². The molecule has 0 aliphatic carbocycles. The molecular weight excluding hydrogens is 422 g/mol. The van der Waals surface area contributed by atoms with Crippen LogP contribution >= 0.6 is 34.3 Å². The van der Waals surface area contributed by atoms with Gasteiger partial charge in [0.15, 0.2) is 10.1 Å². The molecule has 0 N–H and O–H groups in total. The highest BCUT2D eigenvalue weighted by Gasteiger charge is 2.24. The van der Waals surface area contributed by atoms with E-state index in [1.165, 1.54) is 22.7 Å². The maximum Gasteiger partial charge on any atom is 0.289 e. The number of thiazole rings is 2. The maximum absolute atomic E-state index is 13.5. The summed E-state index contributed by atoms with van der Waals surface area (Å²) in [5.74, 6) is -0.153. The van der Waals surface area contributed by atoms with Gasteiger partial charge in [0, 0.05) is 5.02 Å². The Hall–Kier alpha value is -2.80. The summed E-state index contributed by atoms with van der Waals surface area (Å²) in [5, 5.41) is 1.75. The van der Waals surface area contributed by atoms with Crippen molar-refractivity contribution in [2.45, 2.75) is 6.54 Å². The van der Waals surface area contributed by atoms with Crippen LogP contribution in [0.2, 0.25) is 5.02 Å². The number of halogens is 1. The van der Waals surface area contributed by atoms with Crippen molar-refractivity contribution in [1.29, 1.82) is 0 Å². The highest BCUT2D eigenvalue weighted by molar-refractivity contribution is 7.23. The normalized spacial score (nSPS) is 11.2. The summed E-state index contributed by atoms with van der Waals surface area (Å²) in [5.41, 5.74) is 2.68. The van der Waals surface area contributed by atoms with Crippen molar-refractivity contribution in [3.63, 3.8) is 0 Å². The molecule has 0 fully saturated rings. The van der Waals surface area contributed by atoms with Crippen LogP contribution < -0.4 is 4.90 Å². The molecule has 0 spiro atoms. The molecule has 0 aliphatic rings. The minimum atomic E-state index is -0.153. The third-order valence-electron chi connectivity index (χ3n) is 4.48. The van der Waals surface area contributed by atoms with Gasteiger partial charge in [-0.05, 0) is 35.9 Å². The van der Waals surface area contributed by atoms with Crippen LogP contribution in [0.25, 0.3) is 20.4 Å². The van der Waals surface area contributed by atoms with Gasteiger partial charge in [0.25, 0.3) is 5.91 Å². The van der Waals surface area contributed by atoms with E-state index in [0.717, 1.165) is 26.0 Å². The molecule has 0 saturated heterocycles. The Morgan fingerprint density at radius 2 is 1.62 bits per heavy atom. The standard InChI is InChI=1S/C22H14ClN3OS2/c23-15-10-11-17-19(12-15)29-22(25-17)26(13-14-6-2-1-3-7-14)21(27)20-24-16-8-4-5-9-18(16)28-20/h1-12H,13H2. The zero-order valence-electron chi connectivity index (χ0n) is 15.1. The molecule has 0 atom stereocenters. The highest BCUT2D eigenvalue weighted by atomic mass is 35.5. The van der Waals surface area contributed by atoms with Gasteiger partial charge in [-0.25, -0.2) is 9.97 Å². The van der Waals surface area contributed by atoms with Gasteiger partial charge in [-0.2, -0.15) is 0 Å². The fourth-order valence-electron chi connectivity index (χ4n) is 3.07. The first-order chi connectivity index (χ1) is 14.2. The third kappa shape index (κ3) is 3.62. The first kappa shape index (κ1) is 18.2. The van der Waals surface area contributed by atoms with Crippen LogP contribution in [0.4, 0.5) is 5.13 Å². The van der Waals surface area contributed by atoms with Gasteiger partial charge in [0.05, 0.1) is 27.0 Å². The number of rotatable bonds is 4. The van der Waals surface area contributed by atoms with Crippen LogP contribution in [0.5, 0.6) is 0 Å². The third-order valence-corrected chi connectivity index (χ3v) is 6.78. The lowest BCUT2D eigenvalue weighted by molar-refractivity contribution is 0.0985. The topological polar surface area (TPSA) is 46.1 Å². The summed E-state index contributed by atoms with van der Waals surface area (Å²) in [6, 6.07) is 23.2. The zero-order valence-corrected chi connectivity index (χ0v) is 17.5. The number of nitrogens with zero attached hydrogens (tertiary/aromatic N) is 3. The van der Waals surface area contributed by atoms with E-state index in [2.05, 4.69) is 4.98 Å². The van der Waals surface area contributed by atoms with Gasteiger partial charge in [0.1, 0.15) is 0 Å². The summed E-state index contributed by atoms with van der Waals surface area (Å²) in [6.07, 6.45) is 0. The van der Waals surface area contributed by atoms with Gasteiger partial charge < -0.3 is 0 Å². The maximum atomic E-state index is 13.5. The van der Waals surface area contributed by atoms with Crippen LogP contribution in [0.3, 0.4) is 0 Å². The van der Waals surface area contributed by atoms with Crippen molar-refractivity contribution < 1.29 is 4.79 Å². The largest absolute Gasteiger partial charge is 0.289 e. The lowest BCUT2D eigenvalue weighted by atomic mass is 10.2. The molecule has 29 heavy (non-hydrogen) atoms. The molecule has 142 valence electrons. The molecule has 2 heterocycles. The van der Waals surface area contributed by atoms with E-state index >= 15 is 0 Å². The molecule has 4 nitrogen and oxygen atoms in total. The quantitative estimate of drug-likeness (QED) is 0.328. The number of benzene rings is 3. The van der Waals surface area contributed by atoms with Crippen LogP contribution in [-0.4, -0.2) is 15.9 Å². The average molecular weight is 436 g/mol. The molecule has 0 radical (unpaired) electrons. The van der Waals surface area contributed by atoms with E-state index in [1.807, 2.05) is 72.8 Å². The second kappa shape index (κ2) is 7.55. The van der Waals surface area contributed by atoms with Crippen molar-refractivity contribution >= 4 is 65.7 Å². The van der Waals surface area contributed by atoms with Crippen molar-refractivity contribution in [1.82, 2.24) is 9.97 Å². The fourth-order valence-corrected chi connectivity index (χ4v) is 5.23. The van der Waals surface area contributed by atoms with Crippen molar-refractivity contribution in [3.05, 3.63) is 88.4 Å². The molecular formula is C22H14ClN3OS2. The van der Waals surface area contributed by atoms with Crippen LogP contribution in [0, 0.1) is 0 Å². The van der Waals surface area contributed by atoms with E-state index in [0.29, 0.717) is 21.7 Å². The zero-order chi connectivity index (χ0) is 19.8. The number of carbonyl (C=O) groups is 1. The van der Waals surface area contributed by atoms with Crippen LogP contribution in [0.15, 0.2) is 72.8 Å². The minimum absolute atomic E-state index is 0.153. The second-order valence-corrected chi connectivity index (χ2v) is 8.95. The number of fused-ring (bicyclic) bond motifs is 2. The highest BCUT2D eigenvalue weighted by Crippen LogP contribution is 2.33. The minimum Gasteiger partial charge on any atom is -0.277 e. The molecule has 2 aromatic heterocycles. The Kier molecular flexibility index (Phi) is 4.75. The molecule has 0 unspecified atom stereocenters. The van der Waals surface area contributed by atoms with E-state index in [1.54, 1.807) is 4.90 Å². The fraction of sp³-hybridized carbons (Fsp3) is 0.0455. The number of anilines is 1. The van der Waals surface area contributed by atoms with Crippen molar-refractivity contribution in [2.75, 3.05) is 4.90 Å². The first-order valence-corrected chi connectivity index (χ1v) is 11.0. The lowest BCUT2D eigenvalue weighted by Gasteiger charge is -2.18. The number of para-hydroxylation sites is 1. The Bertz CT molecular complexity index is 1300. The Morgan fingerprint density at radius 1 is 0.862 bits per heavy atom. The molecule has 0 bridgehead atoms. The molecule has 5 aromatic rings. The van der Waals surface area contributed by atoms with Gasteiger partial charge in [0.2, 0.25) is 0 Å². The van der Waals surface area contributed by atoms with E-state index in [-0.39, 0.29) is 5.91 Å². The monoisotopic (exact) mass is 435 g/mol. The summed E-state index contributed by atoms with van der Waals surface area (Å²) in [6.45, 7) is 0.420. The Morgan fingerprint density at radius 3 is 2.45 bits per heavy atom. The molecule has 7 heteroatoms. The molecule has 5 rings (SSSR count). The number of carbonyl (C=O) groups excluding carboxylic acids is 1. The van der Waals surface area contributed by atoms with Crippen LogP contribution in [-0.2, 0) is 6.54 Å². The van der Waals surface area contributed by atoms with Gasteiger partial charge >= 0.3 is 0 Å². The van der Waals surface area contributed by atoms with Gasteiger partial charge in [-0.1, -0.05) is 65.4 Å². The number of amides is 1. The van der Waals surface area contributed by atoms with Gasteiger partial charge in [-0.3, -0.25) is 9.69 Å². The Balaban J connectivity index is 1.59. The first-order valence-electron chi connectivity index (χ1n) is 8.95. The predicted octanol–water partition coefficient (Wildman–Crippen LogP) is 6.41. The van der Waals surface area contributed by atoms with Crippen molar-refractivity contribution in [2.24, 2.45) is 0 Å². The SMILES string of the molecule is O=C(c1nc2ccccc2s1)N(Cc1ccccc1)c1nc2ccc(Cl)cc2s1. The summed E-state index contributed by atoms with van der Waals surface area (Å²) >= 11 is 8.99. The number of hydrogen-bond donors (Lipinski definition) is 0. The van der Waals surface area contributed by atoms with Gasteiger partial charge in [-0.15, -0.1) is 11.3 Å². The molecule has 3 aromatic carbocycles. The molecule has 0 saturated carbocycles. The average Bonchev–Trinajstić information content (AvgIpc) is 3.36. The van der Waals surface area contributed by atoms with E-state index < -0.39 is 0 Å².